The molecular weight excluding hydrogens is 292 g/mol. The van der Waals surface area contributed by atoms with Crippen LogP contribution >= 0.6 is 11.8 Å². The molecule has 1 unspecified atom stereocenters. The molecule has 2 aliphatic carbocycles. The van der Waals surface area contributed by atoms with E-state index in [4.69, 9.17) is 4.74 Å². The van der Waals surface area contributed by atoms with Crippen LogP contribution in [0, 0.1) is 11.3 Å². The molecule has 4 rings (SSSR count). The first-order valence-electron chi connectivity index (χ1n) is 7.89. The lowest BCUT2D eigenvalue weighted by Crippen LogP contribution is -2.28. The number of hydrogen-bond donors (Lipinski definition) is 0. The van der Waals surface area contributed by atoms with Crippen LogP contribution in [0.25, 0.3) is 0 Å². The molecular formula is C19H20O2S. The fourth-order valence-corrected chi connectivity index (χ4v) is 5.39. The second-order valence-electron chi connectivity index (χ2n) is 6.91. The maximum atomic E-state index is 11.4. The number of carbonyl (C=O) groups excluding carboxylic acids is 1. The predicted molar refractivity (Wildman–Crippen MR) is 88.6 cm³/mol. The topological polar surface area (TPSA) is 26.3 Å². The SMILES string of the molecule is C[C@]12CC3(C=CC(=O)C=C3)C[C@H]1CC(Sc1ccccc1)O2. The lowest BCUT2D eigenvalue weighted by atomic mass is 9.81. The van der Waals surface area contributed by atoms with Crippen molar-refractivity contribution < 1.29 is 9.53 Å². The Bertz CT molecular complexity index is 633. The summed E-state index contributed by atoms with van der Waals surface area (Å²) in [5.41, 5.74) is 0.213. The van der Waals surface area contributed by atoms with E-state index in [1.54, 1.807) is 12.2 Å². The van der Waals surface area contributed by atoms with Crippen molar-refractivity contribution >= 4 is 17.5 Å². The molecule has 22 heavy (non-hydrogen) atoms. The van der Waals surface area contributed by atoms with Gasteiger partial charge in [-0.15, -0.1) is 0 Å². The van der Waals surface area contributed by atoms with Crippen molar-refractivity contribution in [1.82, 2.24) is 0 Å². The summed E-state index contributed by atoms with van der Waals surface area (Å²) in [4.78, 5) is 12.6. The highest BCUT2D eigenvalue weighted by Gasteiger charge is 2.56. The van der Waals surface area contributed by atoms with Crippen LogP contribution in [-0.4, -0.2) is 16.8 Å². The number of thioether (sulfide) groups is 1. The molecule has 3 aliphatic rings. The van der Waals surface area contributed by atoms with Crippen molar-refractivity contribution in [2.24, 2.45) is 11.3 Å². The van der Waals surface area contributed by atoms with Crippen LogP contribution < -0.4 is 0 Å². The first kappa shape index (κ1) is 14.3. The highest BCUT2D eigenvalue weighted by atomic mass is 32.2. The third kappa shape index (κ3) is 2.46. The molecule has 1 aliphatic heterocycles. The zero-order chi connectivity index (χ0) is 15.2. The normalized spacial score (nSPS) is 35.2. The van der Waals surface area contributed by atoms with Gasteiger partial charge in [0.05, 0.1) is 5.60 Å². The van der Waals surface area contributed by atoms with E-state index in [-0.39, 0.29) is 22.2 Å². The number of ketones is 1. The summed E-state index contributed by atoms with van der Waals surface area (Å²) < 4.78 is 6.44. The standard InChI is InChI=1S/C19H20O2S/c1-18-13-19(9-7-15(20)8-10-19)12-14(18)11-17(21-18)22-16-5-3-2-4-6-16/h2-10,14,17H,11-13H2,1H3/t14-,17?,18+/m1/s1. The van der Waals surface area contributed by atoms with Gasteiger partial charge in [-0.2, -0.15) is 0 Å². The van der Waals surface area contributed by atoms with Crippen LogP contribution in [0.15, 0.2) is 59.5 Å². The zero-order valence-electron chi connectivity index (χ0n) is 12.7. The molecule has 3 heteroatoms. The first-order chi connectivity index (χ1) is 10.6. The number of carbonyl (C=O) groups is 1. The van der Waals surface area contributed by atoms with E-state index >= 15 is 0 Å². The quantitative estimate of drug-likeness (QED) is 0.811. The molecule has 0 bridgehead atoms. The molecule has 2 nitrogen and oxygen atoms in total. The van der Waals surface area contributed by atoms with Crippen molar-refractivity contribution in [3.05, 3.63) is 54.6 Å². The van der Waals surface area contributed by atoms with Gasteiger partial charge in [0.2, 0.25) is 0 Å². The van der Waals surface area contributed by atoms with Gasteiger partial charge in [-0.05, 0) is 56.4 Å². The van der Waals surface area contributed by atoms with Crippen molar-refractivity contribution in [3.63, 3.8) is 0 Å². The van der Waals surface area contributed by atoms with E-state index in [9.17, 15) is 4.79 Å². The highest BCUT2D eigenvalue weighted by Crippen LogP contribution is 2.59. The summed E-state index contributed by atoms with van der Waals surface area (Å²) in [6.07, 6.45) is 10.8. The van der Waals surface area contributed by atoms with E-state index in [0.717, 1.165) is 19.3 Å². The molecule has 0 aromatic heterocycles. The Morgan fingerprint density at radius 2 is 1.91 bits per heavy atom. The van der Waals surface area contributed by atoms with Gasteiger partial charge in [-0.25, -0.2) is 0 Å². The molecule has 1 saturated carbocycles. The average Bonchev–Trinajstić information content (AvgIpc) is 2.92. The fraction of sp³-hybridized carbons (Fsp3) is 0.421. The van der Waals surface area contributed by atoms with E-state index in [1.165, 1.54) is 4.90 Å². The Morgan fingerprint density at radius 1 is 1.18 bits per heavy atom. The van der Waals surface area contributed by atoms with Crippen molar-refractivity contribution in [1.29, 1.82) is 0 Å². The second-order valence-corrected chi connectivity index (χ2v) is 8.14. The van der Waals surface area contributed by atoms with Gasteiger partial charge in [0.15, 0.2) is 5.78 Å². The summed E-state index contributed by atoms with van der Waals surface area (Å²) in [6.45, 7) is 2.25. The Labute approximate surface area is 135 Å². The third-order valence-electron chi connectivity index (χ3n) is 5.22. The second kappa shape index (κ2) is 5.10. The predicted octanol–water partition coefficient (Wildman–Crippen LogP) is 4.38. The Kier molecular flexibility index (Phi) is 3.31. The molecule has 0 amide bonds. The number of rotatable bonds is 2. The van der Waals surface area contributed by atoms with E-state index in [1.807, 2.05) is 17.8 Å². The van der Waals surface area contributed by atoms with Gasteiger partial charge >= 0.3 is 0 Å². The summed E-state index contributed by atoms with van der Waals surface area (Å²) >= 11 is 1.83. The molecule has 1 aromatic carbocycles. The molecule has 1 aromatic rings. The van der Waals surface area contributed by atoms with Gasteiger partial charge in [0.1, 0.15) is 5.44 Å². The Morgan fingerprint density at radius 3 is 2.59 bits per heavy atom. The summed E-state index contributed by atoms with van der Waals surface area (Å²) in [5, 5.41) is 0. The molecule has 1 spiro atoms. The number of hydrogen-bond acceptors (Lipinski definition) is 3. The number of benzene rings is 1. The van der Waals surface area contributed by atoms with Gasteiger partial charge < -0.3 is 4.74 Å². The largest absolute Gasteiger partial charge is 0.361 e. The summed E-state index contributed by atoms with van der Waals surface area (Å²) in [6, 6.07) is 10.5. The molecule has 1 saturated heterocycles. The van der Waals surface area contributed by atoms with Crippen LogP contribution in [0.3, 0.4) is 0 Å². The smallest absolute Gasteiger partial charge is 0.178 e. The van der Waals surface area contributed by atoms with Gasteiger partial charge in [-0.1, -0.05) is 42.1 Å². The number of fused-ring (bicyclic) bond motifs is 1. The molecule has 0 radical (unpaired) electrons. The van der Waals surface area contributed by atoms with Crippen LogP contribution in [-0.2, 0) is 9.53 Å². The molecule has 114 valence electrons. The van der Waals surface area contributed by atoms with Crippen LogP contribution in [0.1, 0.15) is 26.2 Å². The van der Waals surface area contributed by atoms with Gasteiger partial charge in [-0.3, -0.25) is 4.79 Å². The zero-order valence-corrected chi connectivity index (χ0v) is 13.5. The summed E-state index contributed by atoms with van der Waals surface area (Å²) in [7, 11) is 0. The lowest BCUT2D eigenvalue weighted by molar-refractivity contribution is -0.110. The highest BCUT2D eigenvalue weighted by molar-refractivity contribution is 7.99. The molecule has 2 fully saturated rings. The van der Waals surface area contributed by atoms with Crippen LogP contribution in [0.5, 0.6) is 0 Å². The van der Waals surface area contributed by atoms with Gasteiger partial charge in [0, 0.05) is 10.3 Å². The number of ether oxygens (including phenoxy) is 1. The fourth-order valence-electron chi connectivity index (χ4n) is 4.18. The minimum Gasteiger partial charge on any atom is -0.361 e. The van der Waals surface area contributed by atoms with Crippen molar-refractivity contribution in [3.8, 4) is 0 Å². The average molecular weight is 312 g/mol. The lowest BCUT2D eigenvalue weighted by Gasteiger charge is -2.28. The van der Waals surface area contributed by atoms with E-state index in [0.29, 0.717) is 5.92 Å². The van der Waals surface area contributed by atoms with Crippen molar-refractivity contribution in [2.75, 3.05) is 0 Å². The number of allylic oxidation sites excluding steroid dienone is 4. The molecule has 1 heterocycles. The summed E-state index contributed by atoms with van der Waals surface area (Å²) in [5.74, 6) is 0.669. The third-order valence-corrected chi connectivity index (χ3v) is 6.31. The van der Waals surface area contributed by atoms with Crippen LogP contribution in [0.4, 0.5) is 0 Å². The molecule has 3 atom stereocenters. The maximum absolute atomic E-state index is 11.4. The van der Waals surface area contributed by atoms with E-state index < -0.39 is 0 Å². The van der Waals surface area contributed by atoms with Crippen molar-refractivity contribution in [2.45, 2.75) is 42.1 Å². The Balaban J connectivity index is 1.47. The minimum absolute atomic E-state index is 0.0374. The van der Waals surface area contributed by atoms with Gasteiger partial charge in [0.25, 0.3) is 0 Å². The minimum atomic E-state index is -0.0679. The maximum Gasteiger partial charge on any atom is 0.178 e. The van der Waals surface area contributed by atoms with Crippen LogP contribution in [0.2, 0.25) is 0 Å². The monoisotopic (exact) mass is 312 g/mol. The van der Waals surface area contributed by atoms with E-state index in [2.05, 4.69) is 43.3 Å². The molecule has 0 N–H and O–H groups in total. The first-order valence-corrected chi connectivity index (χ1v) is 8.77. The Hall–Kier alpha value is -1.32.